The molecule has 0 unspecified atom stereocenters. The molecule has 2 aromatic carbocycles. The normalized spacial score (nSPS) is 10.4. The molecular formula is C16H17FO. The van der Waals surface area contributed by atoms with Crippen LogP contribution in [-0.4, -0.2) is 0 Å². The lowest BCUT2D eigenvalue weighted by Gasteiger charge is -2.11. The van der Waals surface area contributed by atoms with E-state index in [4.69, 9.17) is 4.74 Å². The fourth-order valence-electron chi connectivity index (χ4n) is 1.84. The maximum Gasteiger partial charge on any atom is 0.167 e. The topological polar surface area (TPSA) is 9.23 Å². The minimum atomic E-state index is -0.275. The zero-order chi connectivity index (χ0) is 13.1. The molecule has 0 aliphatic rings. The van der Waals surface area contributed by atoms with E-state index >= 15 is 0 Å². The van der Waals surface area contributed by atoms with Crippen molar-refractivity contribution in [2.24, 2.45) is 0 Å². The van der Waals surface area contributed by atoms with Gasteiger partial charge in [0.05, 0.1) is 0 Å². The van der Waals surface area contributed by atoms with Crippen molar-refractivity contribution >= 4 is 0 Å². The van der Waals surface area contributed by atoms with Crippen LogP contribution in [-0.2, 0) is 6.61 Å². The molecule has 1 nitrogen and oxygen atoms in total. The lowest BCUT2D eigenvalue weighted by atomic mass is 10.1. The average Bonchev–Trinajstić information content (AvgIpc) is 2.35. The third-order valence-corrected chi connectivity index (χ3v) is 3.04. The Morgan fingerprint density at radius 3 is 2.56 bits per heavy atom. The first kappa shape index (κ1) is 12.6. The summed E-state index contributed by atoms with van der Waals surface area (Å²) in [5.74, 6) is 0.0405. The highest BCUT2D eigenvalue weighted by molar-refractivity contribution is 5.33. The zero-order valence-corrected chi connectivity index (χ0v) is 11.0. The second-order valence-corrected chi connectivity index (χ2v) is 4.61. The molecule has 0 aliphatic carbocycles. The van der Waals surface area contributed by atoms with E-state index in [1.165, 1.54) is 5.56 Å². The maximum absolute atomic E-state index is 13.8. The largest absolute Gasteiger partial charge is 0.486 e. The molecule has 2 rings (SSSR count). The molecule has 0 atom stereocenters. The van der Waals surface area contributed by atoms with E-state index < -0.39 is 0 Å². The van der Waals surface area contributed by atoms with Gasteiger partial charge in [0.25, 0.3) is 0 Å². The van der Waals surface area contributed by atoms with E-state index in [-0.39, 0.29) is 5.82 Å². The Bertz CT molecular complexity index is 559. The summed E-state index contributed by atoms with van der Waals surface area (Å²) in [7, 11) is 0. The molecule has 2 heteroatoms. The van der Waals surface area contributed by atoms with Gasteiger partial charge in [-0.25, -0.2) is 4.39 Å². The highest BCUT2D eigenvalue weighted by atomic mass is 19.1. The first-order valence-electron chi connectivity index (χ1n) is 6.02. The summed E-state index contributed by atoms with van der Waals surface area (Å²) < 4.78 is 19.3. The number of rotatable bonds is 3. The van der Waals surface area contributed by atoms with Crippen LogP contribution >= 0.6 is 0 Å². The molecule has 0 fully saturated rings. The van der Waals surface area contributed by atoms with Crippen molar-refractivity contribution in [2.45, 2.75) is 27.4 Å². The first-order valence-corrected chi connectivity index (χ1v) is 6.02. The summed E-state index contributed by atoms with van der Waals surface area (Å²) in [5, 5.41) is 0. The van der Waals surface area contributed by atoms with E-state index in [9.17, 15) is 4.39 Å². The number of ether oxygens (including phenoxy) is 1. The van der Waals surface area contributed by atoms with Crippen LogP contribution in [0.15, 0.2) is 36.4 Å². The Labute approximate surface area is 107 Å². The van der Waals surface area contributed by atoms with Gasteiger partial charge in [-0.2, -0.15) is 0 Å². The van der Waals surface area contributed by atoms with Crippen molar-refractivity contribution < 1.29 is 9.13 Å². The second kappa shape index (κ2) is 5.21. The molecule has 2 aromatic rings. The van der Waals surface area contributed by atoms with Gasteiger partial charge in [0.1, 0.15) is 6.61 Å². The van der Waals surface area contributed by atoms with E-state index in [0.717, 1.165) is 11.1 Å². The minimum absolute atomic E-state index is 0.275. The van der Waals surface area contributed by atoms with Gasteiger partial charge in [-0.3, -0.25) is 0 Å². The first-order chi connectivity index (χ1) is 8.58. The van der Waals surface area contributed by atoms with Crippen LogP contribution in [0.3, 0.4) is 0 Å². The van der Waals surface area contributed by atoms with Gasteiger partial charge < -0.3 is 4.74 Å². The van der Waals surface area contributed by atoms with Crippen LogP contribution in [0.1, 0.15) is 22.3 Å². The highest BCUT2D eigenvalue weighted by Crippen LogP contribution is 2.21. The summed E-state index contributed by atoms with van der Waals surface area (Å²) in [5.41, 5.74) is 4.04. The average molecular weight is 244 g/mol. The Morgan fingerprint density at radius 1 is 1.00 bits per heavy atom. The number of benzene rings is 2. The van der Waals surface area contributed by atoms with Gasteiger partial charge in [-0.05, 0) is 43.5 Å². The predicted molar refractivity (Wildman–Crippen MR) is 71.4 cm³/mol. The fraction of sp³-hybridized carbons (Fsp3) is 0.250. The highest BCUT2D eigenvalue weighted by Gasteiger charge is 2.06. The minimum Gasteiger partial charge on any atom is -0.486 e. The van der Waals surface area contributed by atoms with Crippen molar-refractivity contribution in [3.8, 4) is 5.75 Å². The summed E-state index contributed by atoms with van der Waals surface area (Å²) >= 11 is 0. The monoisotopic (exact) mass is 244 g/mol. The molecule has 0 radical (unpaired) electrons. The molecule has 0 N–H and O–H groups in total. The third-order valence-electron chi connectivity index (χ3n) is 3.04. The fourth-order valence-corrected chi connectivity index (χ4v) is 1.84. The molecule has 0 saturated carbocycles. The maximum atomic E-state index is 13.8. The van der Waals surface area contributed by atoms with E-state index in [2.05, 4.69) is 18.2 Å². The second-order valence-electron chi connectivity index (χ2n) is 4.61. The smallest absolute Gasteiger partial charge is 0.167 e. The van der Waals surface area contributed by atoms with Crippen LogP contribution in [0, 0.1) is 26.6 Å². The summed E-state index contributed by atoms with van der Waals surface area (Å²) in [6.07, 6.45) is 0. The molecule has 0 aliphatic heterocycles. The molecule has 94 valence electrons. The van der Waals surface area contributed by atoms with Crippen molar-refractivity contribution in [3.05, 3.63) is 64.5 Å². The summed E-state index contributed by atoms with van der Waals surface area (Å²) in [4.78, 5) is 0. The Balaban J connectivity index is 2.16. The van der Waals surface area contributed by atoms with Crippen molar-refractivity contribution in [3.63, 3.8) is 0 Å². The molecule has 0 aromatic heterocycles. The van der Waals surface area contributed by atoms with Gasteiger partial charge in [0, 0.05) is 0 Å². The van der Waals surface area contributed by atoms with E-state index in [1.54, 1.807) is 25.1 Å². The van der Waals surface area contributed by atoms with Crippen LogP contribution in [0.4, 0.5) is 4.39 Å². The molecule has 0 spiro atoms. The van der Waals surface area contributed by atoms with Crippen molar-refractivity contribution in [2.75, 3.05) is 0 Å². The third kappa shape index (κ3) is 2.70. The lowest BCUT2D eigenvalue weighted by molar-refractivity contribution is 0.289. The zero-order valence-electron chi connectivity index (χ0n) is 11.0. The quantitative estimate of drug-likeness (QED) is 0.780. The predicted octanol–water partition coefficient (Wildman–Crippen LogP) is 4.33. The number of halogens is 1. The molecule has 18 heavy (non-hydrogen) atoms. The standard InChI is InChI=1S/C16H17FO/c1-11-7-8-12(2)14(9-11)10-18-15-6-4-5-13(3)16(15)17/h4-9H,10H2,1-3H3. The Kier molecular flexibility index (Phi) is 3.66. The number of hydrogen-bond acceptors (Lipinski definition) is 1. The molecule has 0 saturated heterocycles. The molecule has 0 bridgehead atoms. The van der Waals surface area contributed by atoms with Crippen LogP contribution in [0.5, 0.6) is 5.75 Å². The van der Waals surface area contributed by atoms with Crippen LogP contribution in [0.25, 0.3) is 0 Å². The van der Waals surface area contributed by atoms with Crippen molar-refractivity contribution in [1.29, 1.82) is 0 Å². The Morgan fingerprint density at radius 2 is 1.78 bits per heavy atom. The number of aryl methyl sites for hydroxylation is 3. The lowest BCUT2D eigenvalue weighted by Crippen LogP contribution is -2.00. The molecule has 0 amide bonds. The molecular weight excluding hydrogens is 227 g/mol. The van der Waals surface area contributed by atoms with Crippen LogP contribution in [0.2, 0.25) is 0 Å². The van der Waals surface area contributed by atoms with Crippen molar-refractivity contribution in [1.82, 2.24) is 0 Å². The van der Waals surface area contributed by atoms with Gasteiger partial charge in [0.2, 0.25) is 0 Å². The van der Waals surface area contributed by atoms with Gasteiger partial charge in [0.15, 0.2) is 11.6 Å². The van der Waals surface area contributed by atoms with Gasteiger partial charge in [-0.15, -0.1) is 0 Å². The van der Waals surface area contributed by atoms with Crippen LogP contribution < -0.4 is 4.74 Å². The van der Waals surface area contributed by atoms with Gasteiger partial charge >= 0.3 is 0 Å². The van der Waals surface area contributed by atoms with E-state index in [0.29, 0.717) is 17.9 Å². The summed E-state index contributed by atoms with van der Waals surface area (Å²) in [6.45, 7) is 6.20. The number of hydrogen-bond donors (Lipinski definition) is 0. The molecule has 0 heterocycles. The van der Waals surface area contributed by atoms with Gasteiger partial charge in [-0.1, -0.05) is 35.9 Å². The summed E-state index contributed by atoms with van der Waals surface area (Å²) in [6, 6.07) is 11.4. The Hall–Kier alpha value is -1.83. The SMILES string of the molecule is Cc1ccc(C)c(COc2cccc(C)c2F)c1. The van der Waals surface area contributed by atoms with E-state index in [1.807, 2.05) is 13.8 Å².